The number of carbonyl (C=O) groups is 1. The van der Waals surface area contributed by atoms with Crippen molar-refractivity contribution in [3.63, 3.8) is 0 Å². The molecule has 3 N–H and O–H groups in total. The average Bonchev–Trinajstić information content (AvgIpc) is 3.46. The van der Waals surface area contributed by atoms with Gasteiger partial charge in [0.15, 0.2) is 11.6 Å². The van der Waals surface area contributed by atoms with E-state index in [9.17, 15) is 4.79 Å². The van der Waals surface area contributed by atoms with E-state index in [-0.39, 0.29) is 5.91 Å². The fraction of sp³-hybridized carbons (Fsp3) is 0.419. The van der Waals surface area contributed by atoms with E-state index in [0.29, 0.717) is 56.0 Å². The Kier molecular flexibility index (Phi) is 10.5. The molecule has 0 bridgehead atoms. The van der Waals surface area contributed by atoms with Crippen LogP contribution >= 0.6 is 0 Å². The Labute approximate surface area is 246 Å². The van der Waals surface area contributed by atoms with Gasteiger partial charge in [-0.1, -0.05) is 19.4 Å². The Balaban J connectivity index is 1.20. The number of benzene rings is 1. The van der Waals surface area contributed by atoms with Gasteiger partial charge in [-0.25, -0.2) is 9.97 Å². The first-order valence-corrected chi connectivity index (χ1v) is 14.7. The smallest absolute Gasteiger partial charge is 0.251 e. The Morgan fingerprint density at radius 1 is 1.07 bits per heavy atom. The molecule has 0 radical (unpaired) electrons. The summed E-state index contributed by atoms with van der Waals surface area (Å²) in [6, 6.07) is 11.8. The van der Waals surface area contributed by atoms with Crippen molar-refractivity contribution in [2.75, 3.05) is 25.1 Å². The van der Waals surface area contributed by atoms with Crippen LogP contribution in [0.15, 0.2) is 61.3 Å². The minimum atomic E-state index is -0.132. The third-order valence-corrected chi connectivity index (χ3v) is 7.52. The monoisotopic (exact) mass is 569 g/mol. The molecule has 1 fully saturated rings. The molecule has 1 aromatic carbocycles. The van der Waals surface area contributed by atoms with Crippen molar-refractivity contribution >= 4 is 11.6 Å². The second kappa shape index (κ2) is 15.1. The van der Waals surface area contributed by atoms with Gasteiger partial charge < -0.3 is 25.3 Å². The van der Waals surface area contributed by atoms with Crippen LogP contribution in [-0.2, 0) is 30.8 Å². The van der Waals surface area contributed by atoms with E-state index in [1.54, 1.807) is 12.4 Å². The Hall–Kier alpha value is -4.22. The molecule has 4 heterocycles. The summed E-state index contributed by atoms with van der Waals surface area (Å²) in [5, 5.41) is 18.9. The number of aromatic nitrogens is 6. The Morgan fingerprint density at radius 3 is 2.83 bits per heavy atom. The van der Waals surface area contributed by atoms with E-state index in [0.717, 1.165) is 42.0 Å². The van der Waals surface area contributed by atoms with Gasteiger partial charge in [0.05, 0.1) is 13.2 Å². The van der Waals surface area contributed by atoms with Gasteiger partial charge in [0.2, 0.25) is 0 Å². The predicted octanol–water partition coefficient (Wildman–Crippen LogP) is 3.78. The molecule has 1 atom stereocenters. The van der Waals surface area contributed by atoms with Crippen LogP contribution in [0.25, 0.3) is 11.5 Å². The van der Waals surface area contributed by atoms with Crippen LogP contribution in [0.3, 0.4) is 0 Å². The van der Waals surface area contributed by atoms with Crippen LogP contribution < -0.4 is 16.0 Å². The molecule has 0 spiro atoms. The van der Waals surface area contributed by atoms with Gasteiger partial charge in [-0.3, -0.25) is 9.78 Å². The summed E-state index contributed by atoms with van der Waals surface area (Å²) in [5.74, 6) is 1.29. The normalized spacial score (nSPS) is 14.9. The van der Waals surface area contributed by atoms with Crippen LogP contribution in [0, 0.1) is 0 Å². The van der Waals surface area contributed by atoms with Gasteiger partial charge in [-0.05, 0) is 73.7 Å². The minimum Gasteiger partial charge on any atom is -0.380 e. The van der Waals surface area contributed by atoms with Gasteiger partial charge in [-0.15, -0.1) is 10.2 Å². The number of pyridine rings is 1. The quantitative estimate of drug-likeness (QED) is 0.194. The summed E-state index contributed by atoms with van der Waals surface area (Å²) in [7, 11) is 0. The topological polar surface area (TPSA) is 132 Å². The largest absolute Gasteiger partial charge is 0.380 e. The Morgan fingerprint density at radius 2 is 2.00 bits per heavy atom. The zero-order valence-corrected chi connectivity index (χ0v) is 24.1. The maximum atomic E-state index is 12.9. The molecule has 42 heavy (non-hydrogen) atoms. The highest BCUT2D eigenvalue weighted by Gasteiger charge is 2.16. The van der Waals surface area contributed by atoms with E-state index in [2.05, 4.69) is 48.0 Å². The summed E-state index contributed by atoms with van der Waals surface area (Å²) in [6.45, 7) is 5.91. The maximum Gasteiger partial charge on any atom is 0.251 e. The standard InChI is InChI=1S/C31H39N9O2/c1-2-23-19-32-13-9-25(23)20-36-31(41)24-6-5-8-27(18-24)35-21-29-38-39-30(28-10-14-33-22-37-28)40(29)15-17-42-16-11-26-7-3-4-12-34-26/h5-6,8-10,13-14,18-19,22,26,34-35H,2-4,7,11-12,15-17,20-21H2,1H3,(H,36,41). The van der Waals surface area contributed by atoms with Gasteiger partial charge in [0, 0.05) is 55.6 Å². The summed E-state index contributed by atoms with van der Waals surface area (Å²) < 4.78 is 8.04. The van der Waals surface area contributed by atoms with Gasteiger partial charge in [0.25, 0.3) is 5.91 Å². The number of amides is 1. The van der Waals surface area contributed by atoms with Crippen LogP contribution in [0.1, 0.15) is 59.9 Å². The van der Waals surface area contributed by atoms with E-state index >= 15 is 0 Å². The molecular formula is C31H39N9O2. The molecule has 1 unspecified atom stereocenters. The highest BCUT2D eigenvalue weighted by atomic mass is 16.5. The number of ether oxygens (including phenoxy) is 1. The van der Waals surface area contributed by atoms with Crippen molar-refractivity contribution in [2.24, 2.45) is 0 Å². The number of nitrogens with zero attached hydrogens (tertiary/aromatic N) is 6. The van der Waals surface area contributed by atoms with Crippen molar-refractivity contribution in [2.45, 2.75) is 64.7 Å². The van der Waals surface area contributed by atoms with Crippen molar-refractivity contribution in [1.29, 1.82) is 0 Å². The molecule has 1 saturated heterocycles. The summed E-state index contributed by atoms with van der Waals surface area (Å²) in [4.78, 5) is 25.5. The SMILES string of the molecule is CCc1cnccc1CNC(=O)c1cccc(NCc2nnc(-c3ccncn3)n2CCOCCC2CCCCN2)c1. The lowest BCUT2D eigenvalue weighted by Gasteiger charge is -2.23. The van der Waals surface area contributed by atoms with E-state index < -0.39 is 0 Å². The molecule has 11 heteroatoms. The summed E-state index contributed by atoms with van der Waals surface area (Å²) in [5.41, 5.74) is 4.30. The third-order valence-electron chi connectivity index (χ3n) is 7.52. The third kappa shape index (κ3) is 7.95. The van der Waals surface area contributed by atoms with Gasteiger partial charge in [-0.2, -0.15) is 0 Å². The second-order valence-electron chi connectivity index (χ2n) is 10.3. The molecule has 1 aliphatic heterocycles. The fourth-order valence-corrected chi connectivity index (χ4v) is 5.14. The summed E-state index contributed by atoms with van der Waals surface area (Å²) >= 11 is 0. The number of carbonyl (C=O) groups excluding carboxylic acids is 1. The molecule has 0 aliphatic carbocycles. The number of aryl methyl sites for hydroxylation is 1. The lowest BCUT2D eigenvalue weighted by molar-refractivity contribution is 0.0951. The minimum absolute atomic E-state index is 0.132. The predicted molar refractivity (Wildman–Crippen MR) is 161 cm³/mol. The number of piperidine rings is 1. The van der Waals surface area contributed by atoms with Crippen molar-refractivity contribution in [3.8, 4) is 11.5 Å². The van der Waals surface area contributed by atoms with E-state index in [1.165, 1.54) is 25.6 Å². The zero-order chi connectivity index (χ0) is 29.0. The number of rotatable bonds is 14. The van der Waals surface area contributed by atoms with E-state index in [1.807, 2.05) is 47.2 Å². The molecule has 5 rings (SSSR count). The number of hydrogen-bond donors (Lipinski definition) is 3. The molecule has 11 nitrogen and oxygen atoms in total. The molecule has 1 amide bonds. The van der Waals surface area contributed by atoms with Crippen molar-refractivity contribution in [1.82, 2.24) is 40.3 Å². The molecule has 1 aliphatic rings. The van der Waals surface area contributed by atoms with Gasteiger partial charge >= 0.3 is 0 Å². The fourth-order valence-electron chi connectivity index (χ4n) is 5.14. The summed E-state index contributed by atoms with van der Waals surface area (Å²) in [6.07, 6.45) is 12.5. The zero-order valence-electron chi connectivity index (χ0n) is 24.1. The molecule has 3 aromatic heterocycles. The van der Waals surface area contributed by atoms with Crippen LogP contribution in [0.4, 0.5) is 5.69 Å². The Bertz CT molecular complexity index is 1420. The molecular weight excluding hydrogens is 530 g/mol. The average molecular weight is 570 g/mol. The van der Waals surface area contributed by atoms with Crippen molar-refractivity contribution in [3.05, 3.63) is 83.8 Å². The van der Waals surface area contributed by atoms with Crippen molar-refractivity contribution < 1.29 is 9.53 Å². The van der Waals surface area contributed by atoms with E-state index in [4.69, 9.17) is 4.74 Å². The van der Waals surface area contributed by atoms with Crippen LogP contribution in [0.5, 0.6) is 0 Å². The second-order valence-corrected chi connectivity index (χ2v) is 10.3. The molecule has 220 valence electrons. The number of anilines is 1. The lowest BCUT2D eigenvalue weighted by atomic mass is 10.0. The molecule has 0 saturated carbocycles. The first-order valence-electron chi connectivity index (χ1n) is 14.7. The van der Waals surface area contributed by atoms with Crippen LogP contribution in [-0.4, -0.2) is 61.4 Å². The number of nitrogens with one attached hydrogen (secondary N) is 3. The lowest BCUT2D eigenvalue weighted by Crippen LogP contribution is -2.34. The number of hydrogen-bond acceptors (Lipinski definition) is 9. The first-order chi connectivity index (χ1) is 20.7. The highest BCUT2D eigenvalue weighted by Crippen LogP contribution is 2.18. The van der Waals surface area contributed by atoms with Crippen LogP contribution in [0.2, 0.25) is 0 Å². The molecule has 4 aromatic rings. The maximum absolute atomic E-state index is 12.9. The highest BCUT2D eigenvalue weighted by molar-refractivity contribution is 5.95. The first kappa shape index (κ1) is 29.3. The van der Waals surface area contributed by atoms with Gasteiger partial charge in [0.1, 0.15) is 12.0 Å².